The first-order valence-electron chi connectivity index (χ1n) is 3.80. The number of isocyanates is 1. The highest BCUT2D eigenvalue weighted by atomic mass is 16.1. The van der Waals surface area contributed by atoms with E-state index >= 15 is 0 Å². The van der Waals surface area contributed by atoms with Crippen molar-refractivity contribution < 1.29 is 4.79 Å². The summed E-state index contributed by atoms with van der Waals surface area (Å²) in [5.74, 6) is 0. The van der Waals surface area contributed by atoms with Crippen LogP contribution in [0.5, 0.6) is 0 Å². The van der Waals surface area contributed by atoms with Crippen LogP contribution in [0.2, 0.25) is 0 Å². The van der Waals surface area contributed by atoms with Crippen LogP contribution in [0, 0.1) is 11.3 Å². The fourth-order valence-corrected chi connectivity index (χ4v) is 1.04. The number of hydrogen-bond acceptors (Lipinski definition) is 4. The molecular weight excluding hydrogens is 168 g/mol. The van der Waals surface area contributed by atoms with E-state index in [4.69, 9.17) is 5.26 Å². The first-order chi connectivity index (χ1) is 6.33. The number of aliphatic imine (C=N–C) groups is 1. The molecule has 1 atom stereocenters. The van der Waals surface area contributed by atoms with Crippen LogP contribution < -0.4 is 0 Å². The van der Waals surface area contributed by atoms with E-state index in [2.05, 4.69) is 9.98 Å². The lowest BCUT2D eigenvalue weighted by Gasteiger charge is -2.04. The molecule has 66 valence electrons. The molecule has 1 heterocycles. The van der Waals surface area contributed by atoms with Crippen molar-refractivity contribution >= 4 is 6.08 Å². The fraction of sp³-hybridized carbons (Fsp3) is 0.375. The topological polar surface area (TPSA) is 71.0 Å². The van der Waals surface area contributed by atoms with Gasteiger partial charge in [-0.1, -0.05) is 0 Å². The molecule has 0 aromatic carbocycles. The van der Waals surface area contributed by atoms with Gasteiger partial charge in [-0.2, -0.15) is 10.3 Å². The van der Waals surface area contributed by atoms with E-state index in [1.807, 2.05) is 13.0 Å². The number of imidazole rings is 1. The summed E-state index contributed by atoms with van der Waals surface area (Å²) in [6.07, 6.45) is 4.49. The Kier molecular flexibility index (Phi) is 2.96. The number of aromatic nitrogens is 2. The third-order valence-corrected chi connectivity index (χ3v) is 1.67. The van der Waals surface area contributed by atoms with Gasteiger partial charge in [-0.3, -0.25) is 0 Å². The molecule has 1 rings (SSSR count). The van der Waals surface area contributed by atoms with E-state index in [1.165, 1.54) is 12.3 Å². The Morgan fingerprint density at radius 1 is 1.85 bits per heavy atom. The second-order valence-corrected chi connectivity index (χ2v) is 2.36. The lowest BCUT2D eigenvalue weighted by Crippen LogP contribution is -2.02. The first-order valence-corrected chi connectivity index (χ1v) is 3.80. The summed E-state index contributed by atoms with van der Waals surface area (Å²) in [6, 6.07) is 1.10. The molecule has 0 saturated heterocycles. The highest BCUT2D eigenvalue weighted by molar-refractivity contribution is 5.36. The normalized spacial score (nSPS) is 11.4. The molecule has 0 amide bonds. The molecule has 0 bridgehead atoms. The molecule has 0 saturated carbocycles. The van der Waals surface area contributed by atoms with Gasteiger partial charge in [0.2, 0.25) is 6.08 Å². The van der Waals surface area contributed by atoms with Crippen LogP contribution >= 0.6 is 0 Å². The summed E-state index contributed by atoms with van der Waals surface area (Å²) in [4.78, 5) is 17.2. The maximum Gasteiger partial charge on any atom is 0.236 e. The van der Waals surface area contributed by atoms with Gasteiger partial charge in [0.25, 0.3) is 0 Å². The number of hydrogen-bond donors (Lipinski definition) is 0. The van der Waals surface area contributed by atoms with Gasteiger partial charge in [-0.15, -0.1) is 0 Å². The van der Waals surface area contributed by atoms with Crippen LogP contribution in [0.1, 0.15) is 18.7 Å². The maximum absolute atomic E-state index is 10.00. The van der Waals surface area contributed by atoms with Crippen molar-refractivity contribution in [3.8, 4) is 6.07 Å². The zero-order chi connectivity index (χ0) is 9.68. The summed E-state index contributed by atoms with van der Waals surface area (Å²) < 4.78 is 1.76. The Balaban J connectivity index is 3.05. The van der Waals surface area contributed by atoms with Crippen molar-refractivity contribution in [2.75, 3.05) is 0 Å². The van der Waals surface area contributed by atoms with Crippen molar-refractivity contribution in [2.24, 2.45) is 4.99 Å². The van der Waals surface area contributed by atoms with E-state index < -0.39 is 6.04 Å². The SMILES string of the molecule is CCn1cncc1C(C#N)N=C=O. The number of carbonyl (C=O) groups excluding carboxylic acids is 1. The Hall–Kier alpha value is -1.92. The molecule has 0 fully saturated rings. The molecule has 0 aliphatic heterocycles. The molecule has 0 aliphatic carbocycles. The van der Waals surface area contributed by atoms with Gasteiger partial charge in [0, 0.05) is 6.54 Å². The number of rotatable bonds is 3. The summed E-state index contributed by atoms with van der Waals surface area (Å²) in [5, 5.41) is 8.69. The summed E-state index contributed by atoms with van der Waals surface area (Å²) in [7, 11) is 0. The predicted molar refractivity (Wildman–Crippen MR) is 44.4 cm³/mol. The van der Waals surface area contributed by atoms with Gasteiger partial charge in [-0.25, -0.2) is 9.78 Å². The molecule has 1 aromatic rings. The second kappa shape index (κ2) is 4.19. The summed E-state index contributed by atoms with van der Waals surface area (Å²) in [5.41, 5.74) is 0.619. The molecule has 13 heavy (non-hydrogen) atoms. The highest BCUT2D eigenvalue weighted by Crippen LogP contribution is 2.14. The van der Waals surface area contributed by atoms with E-state index in [-0.39, 0.29) is 0 Å². The molecule has 0 radical (unpaired) electrons. The molecule has 1 aromatic heterocycles. The van der Waals surface area contributed by atoms with Crippen LogP contribution in [0.4, 0.5) is 0 Å². The van der Waals surface area contributed by atoms with Crippen molar-refractivity contribution in [2.45, 2.75) is 19.5 Å². The largest absolute Gasteiger partial charge is 0.332 e. The number of aryl methyl sites for hydroxylation is 1. The minimum atomic E-state index is -0.792. The molecule has 0 spiro atoms. The van der Waals surface area contributed by atoms with Gasteiger partial charge in [0.1, 0.15) is 0 Å². The Bertz CT molecular complexity index is 370. The predicted octanol–water partition coefficient (Wildman–Crippen LogP) is 0.803. The van der Waals surface area contributed by atoms with Gasteiger partial charge >= 0.3 is 0 Å². The minimum absolute atomic E-state index is 0.619. The molecule has 1 unspecified atom stereocenters. The van der Waals surface area contributed by atoms with Gasteiger partial charge in [-0.05, 0) is 6.92 Å². The van der Waals surface area contributed by atoms with E-state index in [1.54, 1.807) is 10.9 Å². The average Bonchev–Trinajstić information content (AvgIpc) is 2.61. The minimum Gasteiger partial charge on any atom is -0.332 e. The highest BCUT2D eigenvalue weighted by Gasteiger charge is 2.12. The van der Waals surface area contributed by atoms with E-state index in [0.29, 0.717) is 12.2 Å². The zero-order valence-corrected chi connectivity index (χ0v) is 7.14. The van der Waals surface area contributed by atoms with Crippen molar-refractivity contribution in [1.82, 2.24) is 9.55 Å². The van der Waals surface area contributed by atoms with Gasteiger partial charge in [0.15, 0.2) is 6.04 Å². The molecule has 0 aliphatic rings. The van der Waals surface area contributed by atoms with E-state index in [9.17, 15) is 4.79 Å². The maximum atomic E-state index is 10.00. The van der Waals surface area contributed by atoms with Gasteiger partial charge in [0.05, 0.1) is 24.3 Å². The average molecular weight is 176 g/mol. The monoisotopic (exact) mass is 176 g/mol. The van der Waals surface area contributed by atoms with Crippen LogP contribution in [0.25, 0.3) is 0 Å². The lowest BCUT2D eigenvalue weighted by molar-refractivity contribution is 0.560. The Morgan fingerprint density at radius 3 is 3.15 bits per heavy atom. The van der Waals surface area contributed by atoms with Crippen LogP contribution in [0.3, 0.4) is 0 Å². The Morgan fingerprint density at radius 2 is 2.62 bits per heavy atom. The van der Waals surface area contributed by atoms with Crippen molar-refractivity contribution in [3.05, 3.63) is 18.2 Å². The van der Waals surface area contributed by atoms with Crippen LogP contribution in [-0.2, 0) is 11.3 Å². The third-order valence-electron chi connectivity index (χ3n) is 1.67. The third kappa shape index (κ3) is 1.81. The lowest BCUT2D eigenvalue weighted by atomic mass is 10.2. The fourth-order valence-electron chi connectivity index (χ4n) is 1.04. The molecule has 5 heteroatoms. The van der Waals surface area contributed by atoms with Crippen LogP contribution in [-0.4, -0.2) is 15.6 Å². The zero-order valence-electron chi connectivity index (χ0n) is 7.14. The summed E-state index contributed by atoms with van der Waals surface area (Å²) >= 11 is 0. The number of nitrogens with zero attached hydrogens (tertiary/aromatic N) is 4. The number of nitriles is 1. The molecule has 5 nitrogen and oxygen atoms in total. The first kappa shape index (κ1) is 9.17. The summed E-state index contributed by atoms with van der Waals surface area (Å²) in [6.45, 7) is 2.62. The second-order valence-electron chi connectivity index (χ2n) is 2.36. The van der Waals surface area contributed by atoms with Crippen LogP contribution in [0.15, 0.2) is 17.5 Å². The van der Waals surface area contributed by atoms with Crippen molar-refractivity contribution in [3.63, 3.8) is 0 Å². The quantitative estimate of drug-likeness (QED) is 0.505. The molecular formula is C8H8N4O. The van der Waals surface area contributed by atoms with E-state index in [0.717, 1.165) is 0 Å². The molecule has 0 N–H and O–H groups in total. The Labute approximate surface area is 75.3 Å². The van der Waals surface area contributed by atoms with Gasteiger partial charge < -0.3 is 4.57 Å². The van der Waals surface area contributed by atoms with Crippen molar-refractivity contribution in [1.29, 1.82) is 5.26 Å². The smallest absolute Gasteiger partial charge is 0.236 e. The standard InChI is InChI=1S/C8H8N4O/c1-2-12-5-10-4-8(12)7(3-9)11-6-13/h4-5,7H,2H2,1H3.